The molecule has 0 aliphatic rings. The first-order chi connectivity index (χ1) is 5.65. The van der Waals surface area contributed by atoms with Crippen LogP contribution < -0.4 is 11.5 Å². The van der Waals surface area contributed by atoms with Crippen LogP contribution in [0.15, 0.2) is 18.2 Å². The summed E-state index contributed by atoms with van der Waals surface area (Å²) in [5, 5.41) is 0. The third kappa shape index (κ3) is 2.91. The van der Waals surface area contributed by atoms with Crippen LogP contribution in [-0.2, 0) is 0 Å². The molecule has 0 saturated carbocycles. The molecular weight excluding hydrogens is 198 g/mol. The predicted octanol–water partition coefficient (Wildman–Crippen LogP) is 1.35. The Bertz CT molecular complexity index is 281. The van der Waals surface area contributed by atoms with Gasteiger partial charge in [-0.25, -0.2) is 8.78 Å². The van der Waals surface area contributed by atoms with Crippen LogP contribution >= 0.6 is 12.4 Å². The van der Waals surface area contributed by atoms with Gasteiger partial charge in [0.1, 0.15) is 11.6 Å². The fourth-order valence-corrected chi connectivity index (χ4v) is 0.926. The summed E-state index contributed by atoms with van der Waals surface area (Å²) in [6.07, 6.45) is 0. The molecule has 0 aromatic heterocycles. The molecule has 5 heteroatoms. The van der Waals surface area contributed by atoms with E-state index in [0.717, 1.165) is 18.2 Å². The Morgan fingerprint density at radius 3 is 2.46 bits per heavy atom. The molecule has 0 bridgehead atoms. The fourth-order valence-electron chi connectivity index (χ4n) is 0.926. The molecule has 0 fully saturated rings. The average molecular weight is 209 g/mol. The molecule has 0 aliphatic carbocycles. The van der Waals surface area contributed by atoms with Gasteiger partial charge in [0.15, 0.2) is 0 Å². The van der Waals surface area contributed by atoms with Gasteiger partial charge in [-0.15, -0.1) is 12.4 Å². The number of halogens is 3. The van der Waals surface area contributed by atoms with Crippen molar-refractivity contribution >= 4 is 12.4 Å². The Balaban J connectivity index is 0.00000144. The Morgan fingerprint density at radius 1 is 1.31 bits per heavy atom. The Kier molecular flexibility index (Phi) is 4.83. The lowest BCUT2D eigenvalue weighted by Crippen LogP contribution is -2.21. The lowest BCUT2D eigenvalue weighted by molar-refractivity contribution is 0.564. The van der Waals surface area contributed by atoms with Gasteiger partial charge in [0.25, 0.3) is 0 Å². The van der Waals surface area contributed by atoms with Crippen LogP contribution in [0.3, 0.4) is 0 Å². The number of hydrogen-bond donors (Lipinski definition) is 2. The highest BCUT2D eigenvalue weighted by atomic mass is 35.5. The molecule has 0 heterocycles. The molecule has 1 aromatic carbocycles. The normalized spacial score (nSPS) is 12.0. The molecule has 13 heavy (non-hydrogen) atoms. The van der Waals surface area contributed by atoms with E-state index in [-0.39, 0.29) is 24.5 Å². The molecule has 0 saturated heterocycles. The van der Waals surface area contributed by atoms with E-state index in [1.54, 1.807) is 0 Å². The molecule has 0 amide bonds. The minimum absolute atomic E-state index is 0. The SMILES string of the molecule is Cl.NC[C@H](N)c1cc(F)ccc1F. The van der Waals surface area contributed by atoms with Gasteiger partial charge in [0.2, 0.25) is 0 Å². The molecule has 74 valence electrons. The first-order valence-electron chi connectivity index (χ1n) is 3.55. The van der Waals surface area contributed by atoms with Gasteiger partial charge in [-0.2, -0.15) is 0 Å². The molecule has 0 spiro atoms. The lowest BCUT2D eigenvalue weighted by atomic mass is 10.1. The first-order valence-corrected chi connectivity index (χ1v) is 3.55. The Morgan fingerprint density at radius 2 is 1.92 bits per heavy atom. The van der Waals surface area contributed by atoms with Gasteiger partial charge in [0, 0.05) is 18.2 Å². The molecular formula is C8H11ClF2N2. The maximum absolute atomic E-state index is 12.9. The molecule has 4 N–H and O–H groups in total. The number of benzene rings is 1. The van der Waals surface area contributed by atoms with Gasteiger partial charge in [0.05, 0.1) is 0 Å². The van der Waals surface area contributed by atoms with E-state index in [4.69, 9.17) is 11.5 Å². The molecule has 1 aromatic rings. The van der Waals surface area contributed by atoms with Crippen LogP contribution in [0.1, 0.15) is 11.6 Å². The second kappa shape index (κ2) is 5.11. The van der Waals surface area contributed by atoms with Crippen molar-refractivity contribution in [3.05, 3.63) is 35.4 Å². The highest BCUT2D eigenvalue weighted by molar-refractivity contribution is 5.85. The topological polar surface area (TPSA) is 52.0 Å². The molecule has 2 nitrogen and oxygen atoms in total. The van der Waals surface area contributed by atoms with Crippen molar-refractivity contribution in [3.8, 4) is 0 Å². The van der Waals surface area contributed by atoms with Crippen LogP contribution in [0.2, 0.25) is 0 Å². The number of hydrogen-bond acceptors (Lipinski definition) is 2. The van der Waals surface area contributed by atoms with E-state index in [2.05, 4.69) is 0 Å². The molecule has 1 rings (SSSR count). The summed E-state index contributed by atoms with van der Waals surface area (Å²) in [4.78, 5) is 0. The van der Waals surface area contributed by atoms with Crippen LogP contribution in [0.4, 0.5) is 8.78 Å². The molecule has 0 aliphatic heterocycles. The maximum Gasteiger partial charge on any atom is 0.128 e. The second-order valence-corrected chi connectivity index (χ2v) is 2.51. The van der Waals surface area contributed by atoms with Crippen LogP contribution in [-0.4, -0.2) is 6.54 Å². The number of nitrogens with two attached hydrogens (primary N) is 2. The third-order valence-corrected chi connectivity index (χ3v) is 1.61. The monoisotopic (exact) mass is 208 g/mol. The van der Waals surface area contributed by atoms with E-state index in [1.165, 1.54) is 0 Å². The van der Waals surface area contributed by atoms with Crippen LogP contribution in [0.5, 0.6) is 0 Å². The summed E-state index contributed by atoms with van der Waals surface area (Å²) < 4.78 is 25.5. The van der Waals surface area contributed by atoms with E-state index in [1.807, 2.05) is 0 Å². The van der Waals surface area contributed by atoms with E-state index in [0.29, 0.717) is 0 Å². The van der Waals surface area contributed by atoms with Gasteiger partial charge in [-0.1, -0.05) is 0 Å². The third-order valence-electron chi connectivity index (χ3n) is 1.61. The molecule has 0 unspecified atom stereocenters. The van der Waals surface area contributed by atoms with Crippen LogP contribution in [0, 0.1) is 11.6 Å². The van der Waals surface area contributed by atoms with Crippen molar-refractivity contribution < 1.29 is 8.78 Å². The summed E-state index contributed by atoms with van der Waals surface area (Å²) in [7, 11) is 0. The minimum atomic E-state index is -0.638. The lowest BCUT2D eigenvalue weighted by Gasteiger charge is -2.09. The summed E-state index contributed by atoms with van der Waals surface area (Å²) in [6, 6.07) is 2.51. The van der Waals surface area contributed by atoms with Crippen molar-refractivity contribution in [1.29, 1.82) is 0 Å². The average Bonchev–Trinajstić information content (AvgIpc) is 2.08. The quantitative estimate of drug-likeness (QED) is 0.771. The van der Waals surface area contributed by atoms with Gasteiger partial charge in [-0.05, 0) is 18.2 Å². The van der Waals surface area contributed by atoms with Gasteiger partial charge < -0.3 is 11.5 Å². The van der Waals surface area contributed by atoms with Gasteiger partial charge in [-0.3, -0.25) is 0 Å². The summed E-state index contributed by atoms with van der Waals surface area (Å²) in [6.45, 7) is 0.0976. The van der Waals surface area contributed by atoms with E-state index < -0.39 is 17.7 Å². The molecule has 0 radical (unpaired) electrons. The highest BCUT2D eigenvalue weighted by Gasteiger charge is 2.09. The summed E-state index contributed by atoms with van der Waals surface area (Å²) >= 11 is 0. The molecule has 1 atom stereocenters. The zero-order valence-electron chi connectivity index (χ0n) is 6.84. The maximum atomic E-state index is 12.9. The smallest absolute Gasteiger partial charge is 0.128 e. The van der Waals surface area contributed by atoms with E-state index >= 15 is 0 Å². The van der Waals surface area contributed by atoms with Crippen molar-refractivity contribution in [3.63, 3.8) is 0 Å². The summed E-state index contributed by atoms with van der Waals surface area (Å²) in [5.41, 5.74) is 10.8. The second-order valence-electron chi connectivity index (χ2n) is 2.51. The fraction of sp³-hybridized carbons (Fsp3) is 0.250. The zero-order chi connectivity index (χ0) is 9.14. The van der Waals surface area contributed by atoms with Crippen LogP contribution in [0.25, 0.3) is 0 Å². The number of rotatable bonds is 2. The van der Waals surface area contributed by atoms with Gasteiger partial charge >= 0.3 is 0 Å². The Hall–Kier alpha value is -0.710. The Labute approximate surface area is 81.3 Å². The summed E-state index contributed by atoms with van der Waals surface area (Å²) in [5.74, 6) is -1.02. The van der Waals surface area contributed by atoms with Crippen molar-refractivity contribution in [2.24, 2.45) is 11.5 Å². The first kappa shape index (κ1) is 12.3. The minimum Gasteiger partial charge on any atom is -0.329 e. The highest BCUT2D eigenvalue weighted by Crippen LogP contribution is 2.15. The van der Waals surface area contributed by atoms with Crippen molar-refractivity contribution in [2.75, 3.05) is 6.54 Å². The zero-order valence-corrected chi connectivity index (χ0v) is 7.65. The largest absolute Gasteiger partial charge is 0.329 e. The van der Waals surface area contributed by atoms with Crippen molar-refractivity contribution in [2.45, 2.75) is 6.04 Å². The van der Waals surface area contributed by atoms with E-state index in [9.17, 15) is 8.78 Å². The predicted molar refractivity (Wildman–Crippen MR) is 49.6 cm³/mol. The van der Waals surface area contributed by atoms with Crippen molar-refractivity contribution in [1.82, 2.24) is 0 Å². The standard InChI is InChI=1S/C8H10F2N2.ClH/c9-5-1-2-7(10)6(3-5)8(12)4-11;/h1-3,8H,4,11-12H2;1H/t8-;/m0./s1.